The van der Waals surface area contributed by atoms with Gasteiger partial charge in [0, 0.05) is 12.1 Å². The zero-order valence-corrected chi connectivity index (χ0v) is 22.5. The second-order valence-electron chi connectivity index (χ2n) is 12.5. The van der Waals surface area contributed by atoms with Crippen LogP contribution in [0.5, 0.6) is 0 Å². The molecule has 0 aliphatic heterocycles. The third-order valence-electron chi connectivity index (χ3n) is 11.3. The molecule has 4 aliphatic rings. The van der Waals surface area contributed by atoms with Gasteiger partial charge in [0.2, 0.25) is 0 Å². The summed E-state index contributed by atoms with van der Waals surface area (Å²) in [4.78, 5) is 26.8. The van der Waals surface area contributed by atoms with E-state index in [0.717, 1.165) is 77.4 Å². The van der Waals surface area contributed by atoms with Gasteiger partial charge in [-0.15, -0.1) is 0 Å². The predicted molar refractivity (Wildman–Crippen MR) is 137 cm³/mol. The number of carboxylic acids is 1. The maximum absolute atomic E-state index is 12.4. The van der Waals surface area contributed by atoms with Crippen LogP contribution in [0.25, 0.3) is 0 Å². The standard InChI is InChI=1S/C28H49N3O4/c1-5-31(6-2)17-7-16-30-25(34)35-20-10-13-26(3)19(18-20)8-9-22-21(26)11-14-27(4)23(24(32)33)12-15-28(22,27)29/h19-23H,5-18,29H2,1-4H3,(H,30,34)(H,32,33)/t19?,20?,21-,22-,23?,26+,27-,28-/m1/s1. The minimum Gasteiger partial charge on any atom is -0.481 e. The van der Waals surface area contributed by atoms with E-state index in [-0.39, 0.29) is 34.5 Å². The summed E-state index contributed by atoms with van der Waals surface area (Å²) in [6.07, 6.45) is 9.31. The Kier molecular flexibility index (Phi) is 7.78. The predicted octanol–water partition coefficient (Wildman–Crippen LogP) is 4.64. The van der Waals surface area contributed by atoms with Gasteiger partial charge in [-0.05, 0) is 112 Å². The number of hydrogen-bond donors (Lipinski definition) is 3. The first-order chi connectivity index (χ1) is 16.6. The van der Waals surface area contributed by atoms with Gasteiger partial charge in [0.15, 0.2) is 0 Å². The van der Waals surface area contributed by atoms with Crippen molar-refractivity contribution in [3.05, 3.63) is 0 Å². The van der Waals surface area contributed by atoms with Crippen molar-refractivity contribution in [2.75, 3.05) is 26.2 Å². The number of nitrogens with one attached hydrogen (secondary N) is 1. The van der Waals surface area contributed by atoms with E-state index in [9.17, 15) is 14.7 Å². The zero-order chi connectivity index (χ0) is 25.4. The van der Waals surface area contributed by atoms with Crippen molar-refractivity contribution >= 4 is 12.1 Å². The summed E-state index contributed by atoms with van der Waals surface area (Å²) >= 11 is 0. The SMILES string of the molecule is CCN(CC)CCCNC(=O)OC1CC[C@@]2(C)C(CC[C@@H]3[C@H]2CC[C@]2(C)C(C(=O)O)CC[C@@]32N)C1. The highest BCUT2D eigenvalue weighted by Crippen LogP contribution is 2.68. The molecule has 35 heavy (non-hydrogen) atoms. The van der Waals surface area contributed by atoms with Gasteiger partial charge >= 0.3 is 12.1 Å². The number of fused-ring (bicyclic) bond motifs is 5. The molecule has 7 nitrogen and oxygen atoms in total. The largest absolute Gasteiger partial charge is 0.481 e. The summed E-state index contributed by atoms with van der Waals surface area (Å²) in [6.45, 7) is 12.7. The molecule has 4 aliphatic carbocycles. The molecular weight excluding hydrogens is 442 g/mol. The quantitative estimate of drug-likeness (QED) is 0.427. The highest BCUT2D eigenvalue weighted by molar-refractivity contribution is 5.72. The van der Waals surface area contributed by atoms with E-state index >= 15 is 0 Å². The Balaban J connectivity index is 1.33. The molecule has 4 fully saturated rings. The molecule has 0 aromatic heterocycles. The number of rotatable bonds is 8. The lowest BCUT2D eigenvalue weighted by molar-refractivity contribution is -0.157. The van der Waals surface area contributed by atoms with Crippen LogP contribution in [0.4, 0.5) is 4.79 Å². The molecule has 4 N–H and O–H groups in total. The van der Waals surface area contributed by atoms with E-state index in [2.05, 4.69) is 37.9 Å². The lowest BCUT2D eigenvalue weighted by Crippen LogP contribution is -2.66. The number of carbonyl (C=O) groups is 2. The summed E-state index contributed by atoms with van der Waals surface area (Å²) in [7, 11) is 0. The normalized spacial score (nSPS) is 42.6. The first-order valence-electron chi connectivity index (χ1n) is 14.3. The maximum Gasteiger partial charge on any atom is 0.407 e. The molecule has 0 saturated heterocycles. The molecule has 8 atom stereocenters. The highest BCUT2D eigenvalue weighted by Gasteiger charge is 2.67. The number of hydrogen-bond acceptors (Lipinski definition) is 5. The Hall–Kier alpha value is -1.34. The molecule has 7 heteroatoms. The summed E-state index contributed by atoms with van der Waals surface area (Å²) < 4.78 is 5.87. The molecule has 4 rings (SSSR count). The molecule has 0 bridgehead atoms. The van der Waals surface area contributed by atoms with E-state index in [1.807, 2.05) is 0 Å². The number of nitrogens with two attached hydrogens (primary N) is 1. The van der Waals surface area contributed by atoms with Crippen molar-refractivity contribution in [2.24, 2.45) is 40.2 Å². The van der Waals surface area contributed by atoms with Gasteiger partial charge in [0.1, 0.15) is 6.10 Å². The second kappa shape index (κ2) is 10.2. The van der Waals surface area contributed by atoms with Crippen LogP contribution in [0.3, 0.4) is 0 Å². The van der Waals surface area contributed by atoms with Crippen molar-refractivity contribution in [2.45, 2.75) is 104 Å². The van der Waals surface area contributed by atoms with Gasteiger partial charge < -0.3 is 25.8 Å². The van der Waals surface area contributed by atoms with Crippen LogP contribution in [0.2, 0.25) is 0 Å². The minimum atomic E-state index is -0.665. The number of carboxylic acid groups (broad SMARTS) is 1. The van der Waals surface area contributed by atoms with E-state index in [0.29, 0.717) is 30.7 Å². The first kappa shape index (κ1) is 26.7. The average molecular weight is 492 g/mol. The van der Waals surface area contributed by atoms with E-state index < -0.39 is 5.97 Å². The third-order valence-corrected chi connectivity index (χ3v) is 11.3. The minimum absolute atomic E-state index is 0.00373. The monoisotopic (exact) mass is 491 g/mol. The van der Waals surface area contributed by atoms with Crippen molar-refractivity contribution in [3.63, 3.8) is 0 Å². The van der Waals surface area contributed by atoms with Gasteiger partial charge in [0.25, 0.3) is 0 Å². The molecular formula is C28H49N3O4. The summed E-state index contributed by atoms with van der Waals surface area (Å²) in [5.41, 5.74) is 6.74. The van der Waals surface area contributed by atoms with E-state index in [1.165, 1.54) is 0 Å². The molecule has 0 spiro atoms. The van der Waals surface area contributed by atoms with Crippen LogP contribution >= 0.6 is 0 Å². The molecule has 0 radical (unpaired) electrons. The number of alkyl carbamates (subject to hydrolysis) is 1. The molecule has 0 aromatic rings. The maximum atomic E-state index is 12.4. The molecule has 0 heterocycles. The Morgan fingerprint density at radius 3 is 2.46 bits per heavy atom. The smallest absolute Gasteiger partial charge is 0.407 e. The average Bonchev–Trinajstić information content (AvgIpc) is 3.11. The lowest BCUT2D eigenvalue weighted by atomic mass is 9.42. The Bertz CT molecular complexity index is 788. The fourth-order valence-corrected chi connectivity index (χ4v) is 9.02. The number of ether oxygens (including phenoxy) is 1. The fraction of sp³-hybridized carbons (Fsp3) is 0.929. The van der Waals surface area contributed by atoms with Crippen molar-refractivity contribution in [1.82, 2.24) is 10.2 Å². The molecule has 3 unspecified atom stereocenters. The second-order valence-corrected chi connectivity index (χ2v) is 12.5. The van der Waals surface area contributed by atoms with Crippen molar-refractivity contribution in [1.29, 1.82) is 0 Å². The van der Waals surface area contributed by atoms with Crippen LogP contribution in [-0.2, 0) is 9.53 Å². The van der Waals surface area contributed by atoms with Gasteiger partial charge in [-0.25, -0.2) is 4.79 Å². The van der Waals surface area contributed by atoms with Crippen LogP contribution in [0.15, 0.2) is 0 Å². The lowest BCUT2D eigenvalue weighted by Gasteiger charge is -2.64. The third kappa shape index (κ3) is 4.60. The van der Waals surface area contributed by atoms with Crippen LogP contribution in [-0.4, -0.2) is 59.9 Å². The number of carbonyl (C=O) groups excluding carboxylic acids is 1. The number of nitrogens with zero attached hydrogens (tertiary/aromatic N) is 1. The van der Waals surface area contributed by atoms with Crippen LogP contribution < -0.4 is 11.1 Å². The highest BCUT2D eigenvalue weighted by atomic mass is 16.6. The Labute approximate surface area is 211 Å². The van der Waals surface area contributed by atoms with Gasteiger partial charge in [-0.2, -0.15) is 0 Å². The summed E-state index contributed by atoms with van der Waals surface area (Å²) in [5.74, 6) is 0.513. The van der Waals surface area contributed by atoms with Crippen molar-refractivity contribution in [3.8, 4) is 0 Å². The number of aliphatic carboxylic acids is 1. The Morgan fingerprint density at radius 2 is 1.77 bits per heavy atom. The topological polar surface area (TPSA) is 105 Å². The summed E-state index contributed by atoms with van der Waals surface area (Å²) in [5, 5.41) is 12.8. The molecule has 4 saturated carbocycles. The first-order valence-corrected chi connectivity index (χ1v) is 14.3. The van der Waals surface area contributed by atoms with Crippen LogP contribution in [0, 0.1) is 34.5 Å². The van der Waals surface area contributed by atoms with E-state index in [4.69, 9.17) is 10.5 Å². The number of amides is 1. The van der Waals surface area contributed by atoms with Gasteiger partial charge in [-0.3, -0.25) is 4.79 Å². The van der Waals surface area contributed by atoms with Crippen LogP contribution in [0.1, 0.15) is 91.9 Å². The summed E-state index contributed by atoms with van der Waals surface area (Å²) in [6, 6.07) is 0. The van der Waals surface area contributed by atoms with Gasteiger partial charge in [-0.1, -0.05) is 27.7 Å². The van der Waals surface area contributed by atoms with Crippen molar-refractivity contribution < 1.29 is 19.4 Å². The Morgan fingerprint density at radius 1 is 1.03 bits per heavy atom. The van der Waals surface area contributed by atoms with E-state index in [1.54, 1.807) is 0 Å². The molecule has 0 aromatic carbocycles. The molecule has 200 valence electrons. The fourth-order valence-electron chi connectivity index (χ4n) is 9.02. The molecule has 1 amide bonds. The van der Waals surface area contributed by atoms with Gasteiger partial charge in [0.05, 0.1) is 5.92 Å². The zero-order valence-electron chi connectivity index (χ0n) is 22.5.